The van der Waals surface area contributed by atoms with Crippen LogP contribution in [-0.4, -0.2) is 47.1 Å². The number of aromatic amines is 1. The summed E-state index contributed by atoms with van der Waals surface area (Å²) in [6.45, 7) is 3.45. The SMILES string of the molecule is NCCCCN1CCC(c2cnc(NC(=O)Nc3cc(F)c(F)cc3F)[nH]c2=O)CC1. The molecule has 2 aromatic rings. The summed E-state index contributed by atoms with van der Waals surface area (Å²) in [4.78, 5) is 33.3. The van der Waals surface area contributed by atoms with E-state index in [1.165, 1.54) is 6.20 Å². The minimum atomic E-state index is -1.37. The van der Waals surface area contributed by atoms with Crippen LogP contribution in [0.5, 0.6) is 0 Å². The lowest BCUT2D eigenvalue weighted by atomic mass is 9.91. The van der Waals surface area contributed by atoms with Crippen LogP contribution in [0.1, 0.15) is 37.2 Å². The smallest absolute Gasteiger partial charge is 0.326 e. The van der Waals surface area contributed by atoms with Gasteiger partial charge in [0.2, 0.25) is 5.95 Å². The molecule has 2 amide bonds. The number of amides is 2. The molecule has 0 saturated carbocycles. The summed E-state index contributed by atoms with van der Waals surface area (Å²) >= 11 is 0. The second-order valence-electron chi connectivity index (χ2n) is 7.45. The molecule has 2 heterocycles. The number of carbonyl (C=O) groups excluding carboxylic acids is 1. The van der Waals surface area contributed by atoms with Crippen molar-refractivity contribution in [2.45, 2.75) is 31.6 Å². The Morgan fingerprint density at radius 1 is 1.13 bits per heavy atom. The van der Waals surface area contributed by atoms with E-state index in [1.807, 2.05) is 5.32 Å². The van der Waals surface area contributed by atoms with Gasteiger partial charge in [-0.25, -0.2) is 22.9 Å². The third kappa shape index (κ3) is 6.05. The topological polar surface area (TPSA) is 116 Å². The molecule has 1 aromatic heterocycles. The molecule has 8 nitrogen and oxygen atoms in total. The highest BCUT2D eigenvalue weighted by Crippen LogP contribution is 2.25. The number of nitrogens with one attached hydrogen (secondary N) is 3. The van der Waals surface area contributed by atoms with E-state index < -0.39 is 29.2 Å². The van der Waals surface area contributed by atoms with Crippen molar-refractivity contribution in [1.29, 1.82) is 0 Å². The van der Waals surface area contributed by atoms with E-state index in [0.29, 0.717) is 24.2 Å². The number of likely N-dealkylation sites (tertiary alicyclic amines) is 1. The van der Waals surface area contributed by atoms with E-state index in [2.05, 4.69) is 20.2 Å². The number of rotatable bonds is 7. The molecule has 0 radical (unpaired) electrons. The van der Waals surface area contributed by atoms with Gasteiger partial charge in [0, 0.05) is 23.9 Å². The number of nitrogens with zero attached hydrogens (tertiary/aromatic N) is 2. The zero-order chi connectivity index (χ0) is 22.4. The fourth-order valence-electron chi connectivity index (χ4n) is 3.59. The molecule has 0 aliphatic carbocycles. The van der Waals surface area contributed by atoms with Crippen LogP contribution in [0.25, 0.3) is 0 Å². The van der Waals surface area contributed by atoms with Crippen LogP contribution in [0.15, 0.2) is 23.1 Å². The Kier molecular flexibility index (Phi) is 7.64. The van der Waals surface area contributed by atoms with Gasteiger partial charge < -0.3 is 16.0 Å². The molecule has 5 N–H and O–H groups in total. The van der Waals surface area contributed by atoms with Gasteiger partial charge in [-0.15, -0.1) is 0 Å². The van der Waals surface area contributed by atoms with Crippen molar-refractivity contribution in [2.75, 3.05) is 36.8 Å². The number of benzene rings is 1. The number of unbranched alkanes of at least 4 members (excludes halogenated alkanes) is 1. The molecule has 1 aliphatic rings. The van der Waals surface area contributed by atoms with Crippen LogP contribution < -0.4 is 21.9 Å². The van der Waals surface area contributed by atoms with Gasteiger partial charge in [0.05, 0.1) is 5.69 Å². The van der Waals surface area contributed by atoms with Crippen LogP contribution in [0.3, 0.4) is 0 Å². The number of H-pyrrole nitrogens is 1. The first kappa shape index (κ1) is 22.8. The molecule has 1 aliphatic heterocycles. The van der Waals surface area contributed by atoms with Gasteiger partial charge >= 0.3 is 6.03 Å². The highest BCUT2D eigenvalue weighted by molar-refractivity contribution is 5.98. The van der Waals surface area contributed by atoms with Crippen molar-refractivity contribution in [1.82, 2.24) is 14.9 Å². The number of anilines is 2. The molecule has 0 spiro atoms. The summed E-state index contributed by atoms with van der Waals surface area (Å²) < 4.78 is 39.8. The highest BCUT2D eigenvalue weighted by atomic mass is 19.2. The fourth-order valence-corrected chi connectivity index (χ4v) is 3.59. The van der Waals surface area contributed by atoms with Crippen molar-refractivity contribution in [3.8, 4) is 0 Å². The Balaban J connectivity index is 1.57. The predicted octanol–water partition coefficient (Wildman–Crippen LogP) is 2.75. The zero-order valence-corrected chi connectivity index (χ0v) is 16.9. The molecule has 0 unspecified atom stereocenters. The van der Waals surface area contributed by atoms with Crippen molar-refractivity contribution in [2.24, 2.45) is 5.73 Å². The van der Waals surface area contributed by atoms with Crippen LogP contribution >= 0.6 is 0 Å². The standard InChI is InChI=1S/C20H25F3N6O2/c21-14-9-16(23)17(10-15(14)22)26-20(31)28-19-25-11-13(18(30)27-19)12-3-7-29(8-4-12)6-2-1-5-24/h9-12H,1-8,24H2,(H3,25,26,27,28,30,31). The average Bonchev–Trinajstić information content (AvgIpc) is 2.73. The van der Waals surface area contributed by atoms with E-state index in [4.69, 9.17) is 5.73 Å². The normalized spacial score (nSPS) is 15.1. The highest BCUT2D eigenvalue weighted by Gasteiger charge is 2.23. The Labute approximate surface area is 177 Å². The summed E-state index contributed by atoms with van der Waals surface area (Å²) in [6, 6.07) is -0.124. The number of urea groups is 1. The van der Waals surface area contributed by atoms with Crippen LogP contribution in [0.2, 0.25) is 0 Å². The molecule has 0 bridgehead atoms. The first-order chi connectivity index (χ1) is 14.9. The summed E-state index contributed by atoms with van der Waals surface area (Å²) in [5.74, 6) is -3.89. The molecule has 1 saturated heterocycles. The quantitative estimate of drug-likeness (QED) is 0.392. The monoisotopic (exact) mass is 438 g/mol. The second-order valence-corrected chi connectivity index (χ2v) is 7.45. The van der Waals surface area contributed by atoms with Gasteiger partial charge in [0.15, 0.2) is 11.6 Å². The number of aromatic nitrogens is 2. The van der Waals surface area contributed by atoms with Crippen molar-refractivity contribution in [3.63, 3.8) is 0 Å². The van der Waals surface area contributed by atoms with Gasteiger partial charge in [-0.1, -0.05) is 0 Å². The first-order valence-electron chi connectivity index (χ1n) is 10.1. The third-order valence-corrected chi connectivity index (χ3v) is 5.27. The first-order valence-corrected chi connectivity index (χ1v) is 10.1. The van der Waals surface area contributed by atoms with Gasteiger partial charge in [-0.3, -0.25) is 15.1 Å². The van der Waals surface area contributed by atoms with E-state index >= 15 is 0 Å². The minimum absolute atomic E-state index is 0.0705. The number of piperidine rings is 1. The van der Waals surface area contributed by atoms with Crippen LogP contribution in [0, 0.1) is 17.5 Å². The summed E-state index contributed by atoms with van der Waals surface area (Å²) in [5, 5.41) is 4.28. The van der Waals surface area contributed by atoms with E-state index in [1.54, 1.807) is 0 Å². The Morgan fingerprint density at radius 3 is 2.52 bits per heavy atom. The van der Waals surface area contributed by atoms with Crippen molar-refractivity contribution >= 4 is 17.7 Å². The molecule has 1 aromatic carbocycles. The van der Waals surface area contributed by atoms with Gasteiger partial charge in [-0.2, -0.15) is 0 Å². The molecule has 11 heteroatoms. The van der Waals surface area contributed by atoms with Crippen molar-refractivity contribution < 1.29 is 18.0 Å². The van der Waals surface area contributed by atoms with Crippen LogP contribution in [0.4, 0.5) is 29.6 Å². The maximum Gasteiger partial charge on any atom is 0.326 e. The molecular weight excluding hydrogens is 413 g/mol. The molecule has 1 fully saturated rings. The summed E-state index contributed by atoms with van der Waals surface area (Å²) in [7, 11) is 0. The lowest BCUT2D eigenvalue weighted by molar-refractivity contribution is 0.208. The molecule has 0 atom stereocenters. The van der Waals surface area contributed by atoms with E-state index in [9.17, 15) is 22.8 Å². The minimum Gasteiger partial charge on any atom is -0.330 e. The Hall–Kier alpha value is -2.92. The van der Waals surface area contributed by atoms with Crippen molar-refractivity contribution in [3.05, 3.63) is 51.7 Å². The largest absolute Gasteiger partial charge is 0.330 e. The van der Waals surface area contributed by atoms with Crippen LogP contribution in [-0.2, 0) is 0 Å². The summed E-state index contributed by atoms with van der Waals surface area (Å²) in [5.41, 5.74) is 5.14. The maximum atomic E-state index is 13.6. The van der Waals surface area contributed by atoms with Gasteiger partial charge in [-0.05, 0) is 57.8 Å². The molecule has 31 heavy (non-hydrogen) atoms. The fraction of sp³-hybridized carbons (Fsp3) is 0.450. The second kappa shape index (κ2) is 10.4. The number of halogens is 3. The lowest BCUT2D eigenvalue weighted by Crippen LogP contribution is -2.35. The number of nitrogens with two attached hydrogens (primary N) is 1. The number of hydrogen-bond donors (Lipinski definition) is 4. The molecule has 168 valence electrons. The Morgan fingerprint density at radius 2 is 1.84 bits per heavy atom. The molecule has 3 rings (SSSR count). The maximum absolute atomic E-state index is 13.6. The average molecular weight is 438 g/mol. The number of hydrogen-bond acceptors (Lipinski definition) is 5. The van der Waals surface area contributed by atoms with E-state index in [-0.39, 0.29) is 17.4 Å². The lowest BCUT2D eigenvalue weighted by Gasteiger charge is -2.31. The Bertz CT molecular complexity index is 976. The van der Waals surface area contributed by atoms with Gasteiger partial charge in [0.25, 0.3) is 5.56 Å². The predicted molar refractivity (Wildman–Crippen MR) is 111 cm³/mol. The molecular formula is C20H25F3N6O2. The van der Waals surface area contributed by atoms with E-state index in [0.717, 1.165) is 45.3 Å². The van der Waals surface area contributed by atoms with Gasteiger partial charge in [0.1, 0.15) is 5.82 Å². The third-order valence-electron chi connectivity index (χ3n) is 5.27. The number of carbonyl (C=O) groups is 1. The zero-order valence-electron chi connectivity index (χ0n) is 16.9. The summed E-state index contributed by atoms with van der Waals surface area (Å²) in [6.07, 6.45) is 5.13.